The number of nitrogens with one attached hydrogen (secondary N) is 2. The molecule has 2 N–H and O–H groups in total. The molecule has 2 aliphatic rings. The van der Waals surface area contributed by atoms with E-state index in [2.05, 4.69) is 20.4 Å². The van der Waals surface area contributed by atoms with E-state index in [1.54, 1.807) is 12.3 Å². The molecule has 1 saturated heterocycles. The third-order valence-electron chi connectivity index (χ3n) is 5.69. The van der Waals surface area contributed by atoms with Crippen molar-refractivity contribution in [2.75, 3.05) is 19.7 Å². The summed E-state index contributed by atoms with van der Waals surface area (Å²) in [6, 6.07) is 4.44. The van der Waals surface area contributed by atoms with E-state index >= 15 is 0 Å². The average Bonchev–Trinajstić information content (AvgIpc) is 3.49. The second kappa shape index (κ2) is 8.02. The highest BCUT2D eigenvalue weighted by Gasteiger charge is 2.24. The third-order valence-corrected chi connectivity index (χ3v) is 5.69. The van der Waals surface area contributed by atoms with Gasteiger partial charge in [-0.15, -0.1) is 0 Å². The Bertz CT molecular complexity index is 1070. The molecule has 156 valence electrons. The molecule has 1 aliphatic heterocycles. The Balaban J connectivity index is 1.47. The summed E-state index contributed by atoms with van der Waals surface area (Å²) in [6.07, 6.45) is 8.72. The van der Waals surface area contributed by atoms with Crippen LogP contribution in [-0.4, -0.2) is 45.6 Å². The summed E-state index contributed by atoms with van der Waals surface area (Å²) in [5, 5.41) is 1.95. The van der Waals surface area contributed by atoms with Crippen molar-refractivity contribution >= 4 is 16.9 Å². The minimum absolute atomic E-state index is 0.197. The van der Waals surface area contributed by atoms with Gasteiger partial charge >= 0.3 is 0 Å². The largest absolute Gasteiger partial charge is 0.492 e. The van der Waals surface area contributed by atoms with E-state index in [1.165, 1.54) is 24.9 Å². The fraction of sp³-hybridized carbons (Fsp3) is 0.409. The minimum atomic E-state index is -0.358. The van der Waals surface area contributed by atoms with Gasteiger partial charge < -0.3 is 9.72 Å². The lowest BCUT2D eigenvalue weighted by Gasteiger charge is -2.26. The summed E-state index contributed by atoms with van der Waals surface area (Å²) in [5.41, 5.74) is 5.86. The number of fused-ring (bicyclic) bond motifs is 1. The summed E-state index contributed by atoms with van der Waals surface area (Å²) in [6.45, 7) is 2.27. The standard InChI is InChI=1S/C22H24FN5O2/c23-15-6-7-16(18(10-15)30-12-14-4-5-14)19-21-20(26-13-25-19)17(11-24-21)22(29)27-28-8-2-1-3-9-28/h6-7,10-11,13-14,24H,1-5,8-9,12H2,(H,27,29). The summed E-state index contributed by atoms with van der Waals surface area (Å²) >= 11 is 0. The Morgan fingerprint density at radius 3 is 2.87 bits per heavy atom. The van der Waals surface area contributed by atoms with Crippen LogP contribution in [-0.2, 0) is 0 Å². The van der Waals surface area contributed by atoms with Crippen LogP contribution in [0.25, 0.3) is 22.3 Å². The molecule has 3 heterocycles. The fourth-order valence-corrected chi connectivity index (χ4v) is 3.83. The predicted octanol–water partition coefficient (Wildman–Crippen LogP) is 3.68. The van der Waals surface area contributed by atoms with Crippen LogP contribution >= 0.6 is 0 Å². The SMILES string of the molecule is O=C(NN1CCCCC1)c1c[nH]c2c(-c3ccc(F)cc3OCC3CC3)ncnc12. The molecule has 0 unspecified atom stereocenters. The van der Waals surface area contributed by atoms with E-state index in [1.807, 2.05) is 5.01 Å². The van der Waals surface area contributed by atoms with Crippen molar-refractivity contribution in [3.63, 3.8) is 0 Å². The maximum absolute atomic E-state index is 13.9. The first-order valence-corrected chi connectivity index (χ1v) is 10.5. The zero-order valence-electron chi connectivity index (χ0n) is 16.7. The van der Waals surface area contributed by atoms with Crippen LogP contribution in [0.3, 0.4) is 0 Å². The number of carbonyl (C=O) groups is 1. The number of hydrazine groups is 1. The summed E-state index contributed by atoms with van der Waals surface area (Å²) in [4.78, 5) is 24.7. The number of halogens is 1. The lowest BCUT2D eigenvalue weighted by Crippen LogP contribution is -2.45. The number of aromatic nitrogens is 3. The van der Waals surface area contributed by atoms with Gasteiger partial charge in [-0.3, -0.25) is 10.2 Å². The van der Waals surface area contributed by atoms with Gasteiger partial charge in [0.15, 0.2) is 0 Å². The predicted molar refractivity (Wildman–Crippen MR) is 110 cm³/mol. The molecule has 30 heavy (non-hydrogen) atoms. The molecule has 8 heteroatoms. The minimum Gasteiger partial charge on any atom is -0.492 e. The van der Waals surface area contributed by atoms with E-state index in [-0.39, 0.29) is 11.7 Å². The lowest BCUT2D eigenvalue weighted by molar-refractivity contribution is 0.0751. The highest BCUT2D eigenvalue weighted by molar-refractivity contribution is 6.07. The summed E-state index contributed by atoms with van der Waals surface area (Å²) < 4.78 is 19.8. The molecule has 1 amide bonds. The van der Waals surface area contributed by atoms with Gasteiger partial charge in [0.05, 0.1) is 17.7 Å². The number of rotatable bonds is 6. The van der Waals surface area contributed by atoms with Gasteiger partial charge in [0.2, 0.25) is 0 Å². The molecule has 2 aromatic heterocycles. The molecule has 3 aromatic rings. The number of benzene rings is 1. The van der Waals surface area contributed by atoms with Crippen LogP contribution in [0.2, 0.25) is 0 Å². The van der Waals surface area contributed by atoms with Crippen molar-refractivity contribution < 1.29 is 13.9 Å². The van der Waals surface area contributed by atoms with E-state index < -0.39 is 0 Å². The second-order valence-electron chi connectivity index (χ2n) is 8.03. The number of H-pyrrole nitrogens is 1. The zero-order valence-corrected chi connectivity index (χ0v) is 16.7. The molecule has 0 radical (unpaired) electrons. The topological polar surface area (TPSA) is 83.1 Å². The number of piperidine rings is 1. The number of nitrogens with zero attached hydrogens (tertiary/aromatic N) is 3. The van der Waals surface area contributed by atoms with Crippen LogP contribution in [0.5, 0.6) is 5.75 Å². The van der Waals surface area contributed by atoms with Crippen molar-refractivity contribution in [1.29, 1.82) is 0 Å². The lowest BCUT2D eigenvalue weighted by atomic mass is 10.1. The average molecular weight is 409 g/mol. The molecular formula is C22H24FN5O2. The zero-order chi connectivity index (χ0) is 20.5. The van der Waals surface area contributed by atoms with Gasteiger partial charge in [-0.25, -0.2) is 19.4 Å². The first-order chi connectivity index (χ1) is 14.7. The van der Waals surface area contributed by atoms with Crippen LogP contribution in [0.4, 0.5) is 4.39 Å². The highest BCUT2D eigenvalue weighted by atomic mass is 19.1. The van der Waals surface area contributed by atoms with Crippen LogP contribution in [0.1, 0.15) is 42.5 Å². The summed E-state index contributed by atoms with van der Waals surface area (Å²) in [7, 11) is 0. The quantitative estimate of drug-likeness (QED) is 0.649. The van der Waals surface area contributed by atoms with Crippen molar-refractivity contribution in [3.05, 3.63) is 42.1 Å². The Kier molecular flexibility index (Phi) is 5.08. The highest BCUT2D eigenvalue weighted by Crippen LogP contribution is 2.36. The third kappa shape index (κ3) is 3.87. The monoisotopic (exact) mass is 409 g/mol. The molecule has 1 aliphatic carbocycles. The molecule has 1 saturated carbocycles. The number of ether oxygens (including phenoxy) is 1. The smallest absolute Gasteiger partial charge is 0.269 e. The van der Waals surface area contributed by atoms with Gasteiger partial charge in [0.1, 0.15) is 29.1 Å². The first-order valence-electron chi connectivity index (χ1n) is 10.5. The molecule has 0 bridgehead atoms. The Morgan fingerprint density at radius 2 is 2.07 bits per heavy atom. The van der Waals surface area contributed by atoms with E-state index in [0.29, 0.717) is 46.1 Å². The number of carbonyl (C=O) groups excluding carboxylic acids is 1. The molecule has 0 spiro atoms. The van der Waals surface area contributed by atoms with Crippen LogP contribution < -0.4 is 10.2 Å². The Hall–Kier alpha value is -3.00. The molecule has 5 rings (SSSR count). The Labute approximate surface area is 173 Å². The van der Waals surface area contributed by atoms with E-state index in [0.717, 1.165) is 38.8 Å². The first kappa shape index (κ1) is 19.0. The number of hydrogen-bond donors (Lipinski definition) is 2. The molecule has 1 aromatic carbocycles. The van der Waals surface area contributed by atoms with Gasteiger partial charge in [0, 0.05) is 30.9 Å². The van der Waals surface area contributed by atoms with Crippen molar-refractivity contribution in [3.8, 4) is 17.0 Å². The summed E-state index contributed by atoms with van der Waals surface area (Å²) in [5.74, 6) is 0.443. The van der Waals surface area contributed by atoms with Gasteiger partial charge in [-0.05, 0) is 43.7 Å². The van der Waals surface area contributed by atoms with Crippen molar-refractivity contribution in [2.24, 2.45) is 5.92 Å². The number of hydrogen-bond acceptors (Lipinski definition) is 5. The van der Waals surface area contributed by atoms with Gasteiger partial charge in [-0.2, -0.15) is 0 Å². The van der Waals surface area contributed by atoms with Gasteiger partial charge in [0.25, 0.3) is 5.91 Å². The molecule has 2 fully saturated rings. The second-order valence-corrected chi connectivity index (χ2v) is 8.03. The van der Waals surface area contributed by atoms with E-state index in [9.17, 15) is 9.18 Å². The number of aromatic amines is 1. The molecular weight excluding hydrogens is 385 g/mol. The van der Waals surface area contributed by atoms with Crippen LogP contribution in [0.15, 0.2) is 30.7 Å². The fourth-order valence-electron chi connectivity index (χ4n) is 3.83. The molecule has 7 nitrogen and oxygen atoms in total. The Morgan fingerprint density at radius 1 is 1.23 bits per heavy atom. The van der Waals surface area contributed by atoms with Gasteiger partial charge in [-0.1, -0.05) is 6.42 Å². The van der Waals surface area contributed by atoms with Crippen molar-refractivity contribution in [1.82, 2.24) is 25.4 Å². The maximum Gasteiger partial charge on any atom is 0.269 e. The van der Waals surface area contributed by atoms with Crippen molar-refractivity contribution in [2.45, 2.75) is 32.1 Å². The molecule has 0 atom stereocenters. The van der Waals surface area contributed by atoms with Crippen LogP contribution in [0, 0.1) is 11.7 Å². The van der Waals surface area contributed by atoms with E-state index in [4.69, 9.17) is 4.74 Å². The number of amides is 1. The normalized spacial score (nSPS) is 17.2. The maximum atomic E-state index is 13.9.